The topological polar surface area (TPSA) is 67.9 Å². The minimum atomic E-state index is -0.599. The number of benzene rings is 2. The number of nitrogens with zero attached hydrogens (tertiary/aromatic N) is 1. The van der Waals surface area contributed by atoms with Crippen LogP contribution in [0.4, 0.5) is 15.3 Å². The zero-order valence-corrected chi connectivity index (χ0v) is 19.6. The Labute approximate surface area is 194 Å². The Morgan fingerprint density at radius 3 is 2.38 bits per heavy atom. The summed E-state index contributed by atoms with van der Waals surface area (Å²) in [7, 11) is 2.90. The van der Waals surface area contributed by atoms with Gasteiger partial charge in [-0.2, -0.15) is 0 Å². The van der Waals surface area contributed by atoms with Gasteiger partial charge < -0.3 is 14.8 Å². The summed E-state index contributed by atoms with van der Waals surface area (Å²) in [6.07, 6.45) is 4.00. The van der Waals surface area contributed by atoms with Crippen LogP contribution < -0.4 is 15.0 Å². The molecular weight excluding hydrogens is 428 g/mol. The maximum absolute atomic E-state index is 12.5. The van der Waals surface area contributed by atoms with Crippen LogP contribution in [0.15, 0.2) is 66.3 Å². The molecule has 2 aromatic rings. The molecule has 0 saturated carbocycles. The molecule has 170 valence electrons. The summed E-state index contributed by atoms with van der Waals surface area (Å²) in [5.41, 5.74) is 4.43. The first-order chi connectivity index (χ1) is 15.3. The third kappa shape index (κ3) is 7.46. The fraction of sp³-hybridized carbons (Fsp3) is 0.280. The lowest BCUT2D eigenvalue weighted by Gasteiger charge is -2.25. The van der Waals surface area contributed by atoms with E-state index >= 15 is 0 Å². The average Bonchev–Trinajstić information content (AvgIpc) is 2.79. The lowest BCUT2D eigenvalue weighted by molar-refractivity contribution is 0.171. The molecule has 0 spiro atoms. The van der Waals surface area contributed by atoms with Gasteiger partial charge in [0.1, 0.15) is 5.75 Å². The number of ether oxygens (including phenoxy) is 2. The molecule has 0 fully saturated rings. The minimum Gasteiger partial charge on any atom is -0.497 e. The number of hydrogen-bond acceptors (Lipinski definition) is 4. The highest BCUT2D eigenvalue weighted by Gasteiger charge is 2.20. The molecule has 0 saturated heterocycles. The van der Waals surface area contributed by atoms with Crippen molar-refractivity contribution in [3.63, 3.8) is 0 Å². The summed E-state index contributed by atoms with van der Waals surface area (Å²) in [5.74, 6) is 0.606. The van der Waals surface area contributed by atoms with Gasteiger partial charge in [0.2, 0.25) is 0 Å². The van der Waals surface area contributed by atoms with Crippen molar-refractivity contribution in [1.82, 2.24) is 5.32 Å². The first kappa shape index (κ1) is 25.0. The number of nitrogens with one attached hydrogen (secondary N) is 1. The van der Waals surface area contributed by atoms with E-state index in [0.29, 0.717) is 30.9 Å². The van der Waals surface area contributed by atoms with Crippen molar-refractivity contribution in [2.75, 3.05) is 25.7 Å². The van der Waals surface area contributed by atoms with Gasteiger partial charge in [-0.25, -0.2) is 4.79 Å². The van der Waals surface area contributed by atoms with E-state index in [1.54, 1.807) is 13.2 Å². The summed E-state index contributed by atoms with van der Waals surface area (Å²) in [4.78, 5) is 25.5. The third-order valence-electron chi connectivity index (χ3n) is 4.70. The molecule has 0 radical (unpaired) electrons. The van der Waals surface area contributed by atoms with Crippen LogP contribution in [0, 0.1) is 0 Å². The van der Waals surface area contributed by atoms with Crippen LogP contribution in [0.1, 0.15) is 31.4 Å². The second kappa shape index (κ2) is 12.6. The molecule has 0 atom stereocenters. The Morgan fingerprint density at radius 1 is 1.06 bits per heavy atom. The molecule has 32 heavy (non-hydrogen) atoms. The molecule has 0 aromatic heterocycles. The first-order valence-electron chi connectivity index (χ1n) is 10.2. The molecule has 0 aliphatic heterocycles. The predicted octanol–water partition coefficient (Wildman–Crippen LogP) is 6.16. The van der Waals surface area contributed by atoms with E-state index in [2.05, 4.69) is 10.1 Å². The highest BCUT2D eigenvalue weighted by atomic mass is 35.5. The zero-order chi connectivity index (χ0) is 23.5. The van der Waals surface area contributed by atoms with Crippen molar-refractivity contribution < 1.29 is 19.1 Å². The number of hydrogen-bond donors (Lipinski definition) is 1. The van der Waals surface area contributed by atoms with E-state index in [9.17, 15) is 9.59 Å². The van der Waals surface area contributed by atoms with Crippen molar-refractivity contribution in [3.8, 4) is 5.75 Å². The van der Waals surface area contributed by atoms with Crippen molar-refractivity contribution in [3.05, 3.63) is 77.4 Å². The maximum atomic E-state index is 12.5. The van der Waals surface area contributed by atoms with Crippen LogP contribution in [-0.4, -0.2) is 32.2 Å². The number of amides is 2. The van der Waals surface area contributed by atoms with E-state index in [0.717, 1.165) is 22.3 Å². The molecule has 6 nitrogen and oxygen atoms in total. The molecule has 0 aliphatic rings. The van der Waals surface area contributed by atoms with Gasteiger partial charge >= 0.3 is 11.5 Å². The van der Waals surface area contributed by atoms with E-state index in [-0.39, 0.29) is 0 Å². The van der Waals surface area contributed by atoms with Gasteiger partial charge in [-0.3, -0.25) is 9.69 Å². The number of alkyl carbamates (subject to hydrolysis) is 1. The highest BCUT2D eigenvalue weighted by molar-refractivity contribution is 6.66. The van der Waals surface area contributed by atoms with Gasteiger partial charge in [0.15, 0.2) is 0 Å². The van der Waals surface area contributed by atoms with Crippen molar-refractivity contribution in [2.45, 2.75) is 26.8 Å². The van der Waals surface area contributed by atoms with Crippen molar-refractivity contribution in [2.24, 2.45) is 0 Å². The Kier molecular flexibility index (Phi) is 9.82. The number of carbonyl (C=O) groups excluding carboxylic acids is 2. The minimum absolute atomic E-state index is 0.305. The summed E-state index contributed by atoms with van der Waals surface area (Å²) >= 11 is 6.03. The van der Waals surface area contributed by atoms with E-state index < -0.39 is 11.5 Å². The summed E-state index contributed by atoms with van der Waals surface area (Å²) < 4.78 is 10.1. The summed E-state index contributed by atoms with van der Waals surface area (Å²) in [6.45, 7) is 4.67. The van der Waals surface area contributed by atoms with Gasteiger partial charge in [-0.15, -0.1) is 0 Å². The van der Waals surface area contributed by atoms with Gasteiger partial charge in [-0.1, -0.05) is 48.1 Å². The molecule has 0 aliphatic carbocycles. The average molecular weight is 457 g/mol. The number of rotatable bonds is 9. The SMILES string of the molecule is COC(=O)NCC/C(=C\C=C(C)C)c1ccc(OC)cc1N(Cc1ccccc1)C(=O)Cl. The molecule has 0 heterocycles. The second-order valence-corrected chi connectivity index (χ2v) is 7.64. The third-order valence-corrected chi connectivity index (χ3v) is 4.91. The summed E-state index contributed by atoms with van der Waals surface area (Å²) in [5, 5.41) is 2.10. The lowest BCUT2D eigenvalue weighted by Crippen LogP contribution is -2.27. The van der Waals surface area contributed by atoms with Crippen LogP contribution in [0.2, 0.25) is 0 Å². The number of carbonyl (C=O) groups is 2. The van der Waals surface area contributed by atoms with Crippen LogP contribution in [0.25, 0.3) is 5.57 Å². The standard InChI is InChI=1S/C25H29ClN2O4/c1-18(2)10-11-20(14-15-27-25(30)32-4)22-13-12-21(31-3)16-23(22)28(24(26)29)17-19-8-6-5-7-9-19/h5-13,16H,14-15,17H2,1-4H3,(H,27,30)/b20-11+. The molecule has 1 N–H and O–H groups in total. The maximum Gasteiger partial charge on any atom is 0.406 e. The largest absolute Gasteiger partial charge is 0.497 e. The summed E-state index contributed by atoms with van der Waals surface area (Å²) in [6, 6.07) is 15.1. The molecular formula is C25H29ClN2O4. The smallest absolute Gasteiger partial charge is 0.406 e. The number of allylic oxidation sites excluding steroid dienone is 3. The van der Waals surface area contributed by atoms with Crippen molar-refractivity contribution >= 4 is 34.3 Å². The van der Waals surface area contributed by atoms with Crippen LogP contribution >= 0.6 is 11.6 Å². The number of methoxy groups -OCH3 is 2. The molecule has 0 unspecified atom stereocenters. The van der Waals surface area contributed by atoms with Crippen molar-refractivity contribution in [1.29, 1.82) is 0 Å². The predicted molar refractivity (Wildman–Crippen MR) is 129 cm³/mol. The van der Waals surface area contributed by atoms with Gasteiger partial charge in [0, 0.05) is 18.2 Å². The van der Waals surface area contributed by atoms with Crippen LogP contribution in [0.3, 0.4) is 0 Å². The quantitative estimate of drug-likeness (QED) is 0.279. The second-order valence-electron chi connectivity index (χ2n) is 7.31. The van der Waals surface area contributed by atoms with Gasteiger partial charge in [-0.05, 0) is 55.1 Å². The fourth-order valence-electron chi connectivity index (χ4n) is 3.09. The molecule has 2 aromatic carbocycles. The Hall–Kier alpha value is -3.25. The molecule has 2 amide bonds. The fourth-order valence-corrected chi connectivity index (χ4v) is 3.24. The van der Waals surface area contributed by atoms with Crippen LogP contribution in [-0.2, 0) is 11.3 Å². The number of anilines is 1. The molecule has 0 bridgehead atoms. The Morgan fingerprint density at radius 2 is 1.78 bits per heavy atom. The molecule has 7 heteroatoms. The normalized spacial score (nSPS) is 10.8. The zero-order valence-electron chi connectivity index (χ0n) is 18.9. The van der Waals surface area contributed by atoms with E-state index in [1.165, 1.54) is 12.0 Å². The molecule has 2 rings (SSSR count). The van der Waals surface area contributed by atoms with Gasteiger partial charge in [0.25, 0.3) is 0 Å². The van der Waals surface area contributed by atoms with Gasteiger partial charge in [0.05, 0.1) is 26.5 Å². The lowest BCUT2D eigenvalue weighted by atomic mass is 9.98. The first-order valence-corrected chi connectivity index (χ1v) is 10.6. The Bertz CT molecular complexity index is 983. The Balaban J connectivity index is 2.52. The van der Waals surface area contributed by atoms with E-state index in [1.807, 2.05) is 68.5 Å². The monoisotopic (exact) mass is 456 g/mol. The van der Waals surface area contributed by atoms with Crippen LogP contribution in [0.5, 0.6) is 5.75 Å². The highest BCUT2D eigenvalue weighted by Crippen LogP contribution is 2.34. The number of halogens is 1. The van der Waals surface area contributed by atoms with E-state index in [4.69, 9.17) is 16.3 Å².